The second kappa shape index (κ2) is 6.08. The Labute approximate surface area is 92.0 Å². The van der Waals surface area contributed by atoms with Gasteiger partial charge in [0.15, 0.2) is 0 Å². The van der Waals surface area contributed by atoms with Crippen LogP contribution in [0.15, 0.2) is 0 Å². The van der Waals surface area contributed by atoms with Crippen molar-refractivity contribution >= 4 is 5.97 Å². The summed E-state index contributed by atoms with van der Waals surface area (Å²) in [6.07, 6.45) is 1.96. The van der Waals surface area contributed by atoms with Crippen LogP contribution >= 0.6 is 0 Å². The van der Waals surface area contributed by atoms with Gasteiger partial charge in [-0.2, -0.15) is 0 Å². The van der Waals surface area contributed by atoms with Gasteiger partial charge in [0.05, 0.1) is 7.11 Å². The first-order valence-corrected chi connectivity index (χ1v) is 5.78. The fraction of sp³-hybridized carbons (Fsp3) is 0.909. The van der Waals surface area contributed by atoms with Gasteiger partial charge in [-0.3, -0.25) is 9.69 Å². The summed E-state index contributed by atoms with van der Waals surface area (Å²) >= 11 is 0. The van der Waals surface area contributed by atoms with Gasteiger partial charge in [-0.25, -0.2) is 0 Å². The van der Waals surface area contributed by atoms with Gasteiger partial charge < -0.3 is 10.1 Å². The number of hydrogen-bond acceptors (Lipinski definition) is 4. The van der Waals surface area contributed by atoms with Crippen LogP contribution in [0, 0.1) is 0 Å². The third kappa shape index (κ3) is 3.18. The van der Waals surface area contributed by atoms with Gasteiger partial charge in [-0.05, 0) is 25.9 Å². The second-order valence-corrected chi connectivity index (χ2v) is 3.94. The highest BCUT2D eigenvalue weighted by atomic mass is 16.5. The Morgan fingerprint density at radius 3 is 2.47 bits per heavy atom. The quantitative estimate of drug-likeness (QED) is 0.697. The van der Waals surface area contributed by atoms with Crippen LogP contribution in [0.4, 0.5) is 0 Å². The highest BCUT2D eigenvalue weighted by Gasteiger charge is 2.28. The fourth-order valence-electron chi connectivity index (χ4n) is 2.24. The Morgan fingerprint density at radius 2 is 2.07 bits per heavy atom. The molecule has 0 amide bonds. The molecule has 1 fully saturated rings. The zero-order chi connectivity index (χ0) is 11.3. The molecule has 1 saturated heterocycles. The number of carbonyl (C=O) groups is 1. The lowest BCUT2D eigenvalue weighted by atomic mass is 9.99. The lowest BCUT2D eigenvalue weighted by Gasteiger charge is -2.35. The summed E-state index contributed by atoms with van der Waals surface area (Å²) in [5, 5.41) is 3.25. The summed E-state index contributed by atoms with van der Waals surface area (Å²) in [5.41, 5.74) is 0. The monoisotopic (exact) mass is 214 g/mol. The minimum absolute atomic E-state index is 0.0955. The smallest absolute Gasteiger partial charge is 0.322 e. The van der Waals surface area contributed by atoms with E-state index in [0.29, 0.717) is 6.04 Å². The number of ether oxygens (including phenoxy) is 1. The van der Waals surface area contributed by atoms with Crippen LogP contribution < -0.4 is 5.32 Å². The number of esters is 1. The minimum Gasteiger partial charge on any atom is -0.468 e. The highest BCUT2D eigenvalue weighted by Crippen LogP contribution is 2.14. The van der Waals surface area contributed by atoms with E-state index >= 15 is 0 Å². The molecule has 0 aromatic rings. The number of nitrogens with zero attached hydrogens (tertiary/aromatic N) is 1. The van der Waals surface area contributed by atoms with E-state index in [2.05, 4.69) is 24.1 Å². The summed E-state index contributed by atoms with van der Waals surface area (Å²) in [7, 11) is 1.44. The van der Waals surface area contributed by atoms with E-state index in [1.165, 1.54) is 7.11 Å². The van der Waals surface area contributed by atoms with E-state index in [4.69, 9.17) is 4.74 Å². The molecule has 1 aliphatic heterocycles. The molecular formula is C11H22N2O2. The molecule has 0 spiro atoms. The van der Waals surface area contributed by atoms with Crippen LogP contribution in [0.3, 0.4) is 0 Å². The molecule has 1 N–H and O–H groups in total. The van der Waals surface area contributed by atoms with Gasteiger partial charge in [0.2, 0.25) is 0 Å². The van der Waals surface area contributed by atoms with E-state index in [1.807, 2.05) is 0 Å². The lowest BCUT2D eigenvalue weighted by molar-refractivity contribution is -0.144. The summed E-state index contributed by atoms with van der Waals surface area (Å²) in [6.45, 7) is 7.39. The molecular weight excluding hydrogens is 192 g/mol. The highest BCUT2D eigenvalue weighted by molar-refractivity contribution is 5.75. The van der Waals surface area contributed by atoms with Crippen molar-refractivity contribution in [2.75, 3.05) is 26.7 Å². The van der Waals surface area contributed by atoms with E-state index in [1.54, 1.807) is 0 Å². The first kappa shape index (κ1) is 12.5. The largest absolute Gasteiger partial charge is 0.468 e. The summed E-state index contributed by atoms with van der Waals surface area (Å²) in [6, 6.07) is 0.475. The molecule has 0 bridgehead atoms. The SMILES string of the molecule is CCN(CC)C1CCC(C(=O)OC)NC1. The number of nitrogens with one attached hydrogen (secondary N) is 1. The van der Waals surface area contributed by atoms with E-state index in [-0.39, 0.29) is 12.0 Å². The Balaban J connectivity index is 2.38. The number of likely N-dealkylation sites (N-methyl/N-ethyl adjacent to an activating group) is 1. The van der Waals surface area contributed by atoms with Gasteiger partial charge in [0.1, 0.15) is 6.04 Å². The maximum Gasteiger partial charge on any atom is 0.322 e. The first-order valence-electron chi connectivity index (χ1n) is 5.78. The average Bonchev–Trinajstić information content (AvgIpc) is 2.30. The van der Waals surface area contributed by atoms with Crippen LogP contribution in [0.2, 0.25) is 0 Å². The number of methoxy groups -OCH3 is 1. The minimum atomic E-state index is -0.131. The normalized spacial score (nSPS) is 26.7. The molecule has 88 valence electrons. The molecule has 1 rings (SSSR count). The number of rotatable bonds is 4. The van der Waals surface area contributed by atoms with E-state index in [0.717, 1.165) is 32.5 Å². The Morgan fingerprint density at radius 1 is 1.40 bits per heavy atom. The molecule has 15 heavy (non-hydrogen) atoms. The van der Waals surface area contributed by atoms with Gasteiger partial charge in [-0.1, -0.05) is 13.8 Å². The van der Waals surface area contributed by atoms with Crippen molar-refractivity contribution in [1.29, 1.82) is 0 Å². The molecule has 4 nitrogen and oxygen atoms in total. The van der Waals surface area contributed by atoms with Crippen molar-refractivity contribution in [3.8, 4) is 0 Å². The maximum atomic E-state index is 11.3. The van der Waals surface area contributed by atoms with E-state index in [9.17, 15) is 4.79 Å². The van der Waals surface area contributed by atoms with E-state index < -0.39 is 0 Å². The van der Waals surface area contributed by atoms with Crippen molar-refractivity contribution in [2.24, 2.45) is 0 Å². The molecule has 0 radical (unpaired) electrons. The van der Waals surface area contributed by atoms with Crippen molar-refractivity contribution in [2.45, 2.75) is 38.8 Å². The predicted molar refractivity (Wildman–Crippen MR) is 59.7 cm³/mol. The third-order valence-corrected chi connectivity index (χ3v) is 3.20. The van der Waals surface area contributed by atoms with Gasteiger partial charge >= 0.3 is 5.97 Å². The molecule has 1 heterocycles. The molecule has 0 aliphatic carbocycles. The van der Waals surface area contributed by atoms with Crippen LogP contribution in [0.1, 0.15) is 26.7 Å². The van der Waals surface area contributed by atoms with Crippen LogP contribution in [0.5, 0.6) is 0 Å². The topological polar surface area (TPSA) is 41.6 Å². The third-order valence-electron chi connectivity index (χ3n) is 3.20. The lowest BCUT2D eigenvalue weighted by Crippen LogP contribution is -2.52. The molecule has 2 unspecified atom stereocenters. The Hall–Kier alpha value is -0.610. The number of carbonyl (C=O) groups excluding carboxylic acids is 1. The maximum absolute atomic E-state index is 11.3. The van der Waals surface area contributed by atoms with Crippen molar-refractivity contribution in [3.05, 3.63) is 0 Å². The van der Waals surface area contributed by atoms with Gasteiger partial charge in [0.25, 0.3) is 0 Å². The average molecular weight is 214 g/mol. The zero-order valence-electron chi connectivity index (χ0n) is 9.95. The summed E-state index contributed by atoms with van der Waals surface area (Å²) in [5.74, 6) is -0.131. The Bertz CT molecular complexity index is 197. The van der Waals surface area contributed by atoms with Gasteiger partial charge in [0, 0.05) is 12.6 Å². The molecule has 1 aliphatic rings. The fourth-order valence-corrected chi connectivity index (χ4v) is 2.24. The summed E-state index contributed by atoms with van der Waals surface area (Å²) in [4.78, 5) is 13.7. The number of hydrogen-bond donors (Lipinski definition) is 1. The summed E-state index contributed by atoms with van der Waals surface area (Å²) < 4.78 is 4.72. The van der Waals surface area contributed by atoms with Gasteiger partial charge in [-0.15, -0.1) is 0 Å². The molecule has 4 heteroatoms. The molecule has 2 atom stereocenters. The number of piperidine rings is 1. The predicted octanol–water partition coefficient (Wildman–Crippen LogP) is 0.622. The standard InChI is InChI=1S/C11H22N2O2/c1-4-13(5-2)9-6-7-10(12-8-9)11(14)15-3/h9-10,12H,4-8H2,1-3H3. The van der Waals surface area contributed by atoms with Crippen molar-refractivity contribution in [3.63, 3.8) is 0 Å². The van der Waals surface area contributed by atoms with Crippen molar-refractivity contribution < 1.29 is 9.53 Å². The van der Waals surface area contributed by atoms with Crippen molar-refractivity contribution in [1.82, 2.24) is 10.2 Å². The Kier molecular flexibility index (Phi) is 5.05. The van der Waals surface area contributed by atoms with Crippen LogP contribution in [0.25, 0.3) is 0 Å². The molecule has 0 aromatic heterocycles. The molecule has 0 saturated carbocycles. The van der Waals surface area contributed by atoms with Crippen LogP contribution in [-0.2, 0) is 9.53 Å². The first-order chi connectivity index (χ1) is 7.22. The molecule has 0 aromatic carbocycles. The zero-order valence-corrected chi connectivity index (χ0v) is 9.95. The van der Waals surface area contributed by atoms with Crippen LogP contribution in [-0.4, -0.2) is 49.7 Å². The second-order valence-electron chi connectivity index (χ2n) is 3.94.